The van der Waals surface area contributed by atoms with Crippen LogP contribution in [0.2, 0.25) is 0 Å². The number of rotatable bonds is 8. The van der Waals surface area contributed by atoms with Gasteiger partial charge in [-0.25, -0.2) is 4.98 Å². The number of methoxy groups -OCH3 is 1. The SMILES string of the molecule is COC(=O)CC(NC(=O)Cn1c(SC(F)F)nc2ccccc21)c1cccs1. The lowest BCUT2D eigenvalue weighted by molar-refractivity contribution is -0.141. The van der Waals surface area contributed by atoms with Crippen LogP contribution < -0.4 is 5.32 Å². The van der Waals surface area contributed by atoms with Crippen molar-refractivity contribution >= 4 is 46.0 Å². The smallest absolute Gasteiger partial charge is 0.307 e. The Kier molecular flexibility index (Phi) is 6.63. The Morgan fingerprint density at radius 2 is 2.07 bits per heavy atom. The van der Waals surface area contributed by atoms with Crippen LogP contribution in [0.3, 0.4) is 0 Å². The van der Waals surface area contributed by atoms with Gasteiger partial charge in [-0.2, -0.15) is 8.78 Å². The first-order valence-corrected chi connectivity index (χ1v) is 10.0. The van der Waals surface area contributed by atoms with E-state index in [1.54, 1.807) is 24.3 Å². The van der Waals surface area contributed by atoms with E-state index >= 15 is 0 Å². The average molecular weight is 425 g/mol. The van der Waals surface area contributed by atoms with Crippen LogP contribution in [0.25, 0.3) is 11.0 Å². The first-order chi connectivity index (χ1) is 13.5. The molecule has 0 bridgehead atoms. The topological polar surface area (TPSA) is 73.2 Å². The maximum atomic E-state index is 12.9. The second-order valence-electron chi connectivity index (χ2n) is 5.76. The molecule has 0 fully saturated rings. The third-order valence-electron chi connectivity index (χ3n) is 3.94. The summed E-state index contributed by atoms with van der Waals surface area (Å²) in [5, 5.41) is 4.70. The van der Waals surface area contributed by atoms with Crippen molar-refractivity contribution in [2.75, 3.05) is 7.11 Å². The number of thioether (sulfide) groups is 1. The summed E-state index contributed by atoms with van der Waals surface area (Å²) in [4.78, 5) is 29.4. The monoisotopic (exact) mass is 425 g/mol. The Morgan fingerprint density at radius 1 is 1.29 bits per heavy atom. The first kappa shape index (κ1) is 20.3. The lowest BCUT2D eigenvalue weighted by Crippen LogP contribution is -2.32. The number of hydrogen-bond donors (Lipinski definition) is 1. The van der Waals surface area contributed by atoms with E-state index < -0.39 is 23.7 Å². The molecule has 0 radical (unpaired) electrons. The molecule has 148 valence electrons. The van der Waals surface area contributed by atoms with Gasteiger partial charge < -0.3 is 14.6 Å². The number of carbonyl (C=O) groups excluding carboxylic acids is 2. The highest BCUT2D eigenvalue weighted by atomic mass is 32.2. The fraction of sp³-hybridized carbons (Fsp3) is 0.278. The molecular weight excluding hydrogens is 408 g/mol. The van der Waals surface area contributed by atoms with Crippen molar-refractivity contribution in [1.29, 1.82) is 0 Å². The Balaban J connectivity index is 1.82. The third-order valence-corrected chi connectivity index (χ3v) is 5.62. The average Bonchev–Trinajstić information content (AvgIpc) is 3.30. The van der Waals surface area contributed by atoms with Crippen molar-refractivity contribution < 1.29 is 23.1 Å². The van der Waals surface area contributed by atoms with E-state index in [1.807, 2.05) is 17.5 Å². The minimum Gasteiger partial charge on any atom is -0.469 e. The minimum atomic E-state index is -2.66. The highest BCUT2D eigenvalue weighted by Gasteiger charge is 2.22. The first-order valence-electron chi connectivity index (χ1n) is 8.27. The molecule has 0 saturated heterocycles. The molecule has 0 saturated carbocycles. The fourth-order valence-electron chi connectivity index (χ4n) is 2.72. The number of aromatic nitrogens is 2. The summed E-state index contributed by atoms with van der Waals surface area (Å²) in [5.41, 5.74) is 1.12. The maximum Gasteiger partial charge on any atom is 0.307 e. The normalized spacial score (nSPS) is 12.3. The lowest BCUT2D eigenvalue weighted by atomic mass is 10.1. The summed E-state index contributed by atoms with van der Waals surface area (Å²) >= 11 is 1.69. The quantitative estimate of drug-likeness (QED) is 0.439. The van der Waals surface area contributed by atoms with Crippen molar-refractivity contribution in [2.45, 2.75) is 29.9 Å². The Bertz CT molecular complexity index is 960. The van der Waals surface area contributed by atoms with Gasteiger partial charge >= 0.3 is 5.97 Å². The molecule has 3 aromatic rings. The number of fused-ring (bicyclic) bond motifs is 1. The highest BCUT2D eigenvalue weighted by Crippen LogP contribution is 2.29. The second kappa shape index (κ2) is 9.16. The summed E-state index contributed by atoms with van der Waals surface area (Å²) < 4.78 is 32.0. The second-order valence-corrected chi connectivity index (χ2v) is 7.70. The number of halogens is 2. The minimum absolute atomic E-state index is 0.0218. The van der Waals surface area contributed by atoms with Crippen LogP contribution in [-0.4, -0.2) is 34.3 Å². The van der Waals surface area contributed by atoms with E-state index in [0.29, 0.717) is 22.8 Å². The number of esters is 1. The number of alkyl halides is 2. The molecule has 0 aliphatic rings. The van der Waals surface area contributed by atoms with E-state index in [0.717, 1.165) is 4.88 Å². The van der Waals surface area contributed by atoms with Gasteiger partial charge in [0.2, 0.25) is 5.91 Å². The van der Waals surface area contributed by atoms with Gasteiger partial charge in [-0.1, -0.05) is 18.2 Å². The van der Waals surface area contributed by atoms with Gasteiger partial charge in [-0.15, -0.1) is 11.3 Å². The van der Waals surface area contributed by atoms with E-state index in [1.165, 1.54) is 23.0 Å². The zero-order valence-corrected chi connectivity index (χ0v) is 16.4. The standard InChI is InChI=1S/C18H17F2N3O3S2/c1-26-16(25)9-12(14-7-4-8-27-14)21-15(24)10-23-13-6-3-2-5-11(13)22-18(23)28-17(19)20/h2-8,12,17H,9-10H2,1H3,(H,21,24). The predicted octanol–water partition coefficient (Wildman–Crippen LogP) is 3.83. The molecular formula is C18H17F2N3O3S2. The summed E-state index contributed by atoms with van der Waals surface area (Å²) in [6.07, 6.45) is -0.0218. The molecule has 3 rings (SSSR count). The molecule has 0 spiro atoms. The molecule has 6 nitrogen and oxygen atoms in total. The summed E-state index contributed by atoms with van der Waals surface area (Å²) in [6, 6.07) is 9.99. The summed E-state index contributed by atoms with van der Waals surface area (Å²) in [5.74, 6) is -3.53. The van der Waals surface area contributed by atoms with Crippen molar-refractivity contribution in [3.05, 3.63) is 46.7 Å². The predicted molar refractivity (Wildman–Crippen MR) is 103 cm³/mol. The molecule has 1 atom stereocenters. The van der Waals surface area contributed by atoms with Gasteiger partial charge in [0.1, 0.15) is 6.54 Å². The van der Waals surface area contributed by atoms with Gasteiger partial charge in [0.05, 0.1) is 30.6 Å². The molecule has 2 aromatic heterocycles. The molecule has 2 heterocycles. The van der Waals surface area contributed by atoms with E-state index in [2.05, 4.69) is 10.3 Å². The zero-order chi connectivity index (χ0) is 20.1. The van der Waals surface area contributed by atoms with Crippen LogP contribution in [-0.2, 0) is 20.9 Å². The molecule has 1 amide bonds. The molecule has 10 heteroatoms. The number of thiophene rings is 1. The number of amides is 1. The lowest BCUT2D eigenvalue weighted by Gasteiger charge is -2.17. The van der Waals surface area contributed by atoms with Crippen molar-refractivity contribution in [1.82, 2.24) is 14.9 Å². The maximum absolute atomic E-state index is 12.9. The van der Waals surface area contributed by atoms with Crippen LogP contribution in [0, 0.1) is 0 Å². The van der Waals surface area contributed by atoms with Crippen molar-refractivity contribution in [3.8, 4) is 0 Å². The molecule has 1 aromatic carbocycles. The molecule has 0 aliphatic carbocycles. The van der Waals surface area contributed by atoms with Gasteiger partial charge in [0, 0.05) is 4.88 Å². The molecule has 1 unspecified atom stereocenters. The zero-order valence-electron chi connectivity index (χ0n) is 14.8. The number of carbonyl (C=O) groups is 2. The van der Waals surface area contributed by atoms with Gasteiger partial charge in [0.25, 0.3) is 5.76 Å². The van der Waals surface area contributed by atoms with E-state index in [9.17, 15) is 18.4 Å². The number of nitrogens with zero attached hydrogens (tertiary/aromatic N) is 2. The van der Waals surface area contributed by atoms with Crippen LogP contribution >= 0.6 is 23.1 Å². The number of benzene rings is 1. The molecule has 0 aliphatic heterocycles. The summed E-state index contributed by atoms with van der Waals surface area (Å²) in [6.45, 7) is -0.196. The molecule has 1 N–H and O–H groups in total. The van der Waals surface area contributed by atoms with Crippen molar-refractivity contribution in [3.63, 3.8) is 0 Å². The number of nitrogens with one attached hydrogen (secondary N) is 1. The largest absolute Gasteiger partial charge is 0.469 e. The van der Waals surface area contributed by atoms with Gasteiger partial charge in [-0.05, 0) is 35.3 Å². The van der Waals surface area contributed by atoms with Gasteiger partial charge in [-0.3, -0.25) is 9.59 Å². The van der Waals surface area contributed by atoms with Crippen LogP contribution in [0.4, 0.5) is 8.78 Å². The number of imidazole rings is 1. The number of para-hydroxylation sites is 2. The Morgan fingerprint density at radius 3 is 2.75 bits per heavy atom. The third kappa shape index (κ3) is 4.87. The van der Waals surface area contributed by atoms with E-state index in [4.69, 9.17) is 4.74 Å². The van der Waals surface area contributed by atoms with Crippen LogP contribution in [0.1, 0.15) is 17.3 Å². The Labute approximate surface area is 167 Å². The number of ether oxygens (including phenoxy) is 1. The Hall–Kier alpha value is -2.46. The molecule has 28 heavy (non-hydrogen) atoms. The van der Waals surface area contributed by atoms with Gasteiger partial charge in [0.15, 0.2) is 5.16 Å². The van der Waals surface area contributed by atoms with Crippen molar-refractivity contribution in [2.24, 2.45) is 0 Å². The van der Waals surface area contributed by atoms with Crippen LogP contribution in [0.15, 0.2) is 46.9 Å². The van der Waals surface area contributed by atoms with E-state index in [-0.39, 0.29) is 18.1 Å². The summed E-state index contributed by atoms with van der Waals surface area (Å²) in [7, 11) is 1.28. The number of hydrogen-bond acceptors (Lipinski definition) is 6. The highest BCUT2D eigenvalue weighted by molar-refractivity contribution is 7.99. The van der Waals surface area contributed by atoms with Crippen LogP contribution in [0.5, 0.6) is 0 Å². The fourth-order valence-corrected chi connectivity index (χ4v) is 4.10.